The molecule has 0 spiro atoms. The molecular weight excluding hydrogens is 264 g/mol. The summed E-state index contributed by atoms with van der Waals surface area (Å²) < 4.78 is 0. The van der Waals surface area contributed by atoms with E-state index in [4.69, 9.17) is 10.2 Å². The van der Waals surface area contributed by atoms with Gasteiger partial charge in [-0.2, -0.15) is 0 Å². The number of urea groups is 1. The van der Waals surface area contributed by atoms with Crippen LogP contribution >= 0.6 is 0 Å². The minimum Gasteiger partial charge on any atom is -0.481 e. The van der Waals surface area contributed by atoms with Crippen molar-refractivity contribution in [2.75, 3.05) is 13.1 Å². The van der Waals surface area contributed by atoms with E-state index in [1.807, 2.05) is 0 Å². The number of carboxylic acid groups (broad SMARTS) is 2. The predicted octanol–water partition coefficient (Wildman–Crippen LogP) is 0.992. The predicted molar refractivity (Wildman–Crippen MR) is 71.3 cm³/mol. The van der Waals surface area contributed by atoms with Crippen molar-refractivity contribution < 1.29 is 24.6 Å². The van der Waals surface area contributed by atoms with Crippen LogP contribution < -0.4 is 5.32 Å². The summed E-state index contributed by atoms with van der Waals surface area (Å²) in [7, 11) is 0. The lowest BCUT2D eigenvalue weighted by atomic mass is 9.80. The van der Waals surface area contributed by atoms with Crippen LogP contribution in [0.4, 0.5) is 4.79 Å². The van der Waals surface area contributed by atoms with Crippen LogP contribution in [0.1, 0.15) is 33.6 Å². The van der Waals surface area contributed by atoms with Gasteiger partial charge < -0.3 is 20.4 Å². The summed E-state index contributed by atoms with van der Waals surface area (Å²) in [5, 5.41) is 19.8. The molecule has 1 heterocycles. The molecule has 1 rings (SSSR count). The summed E-state index contributed by atoms with van der Waals surface area (Å²) in [6.07, 6.45) is 0.241. The zero-order valence-corrected chi connectivity index (χ0v) is 12.0. The molecule has 1 unspecified atom stereocenters. The lowest BCUT2D eigenvalue weighted by Crippen LogP contribution is -2.48. The van der Waals surface area contributed by atoms with Crippen LogP contribution in [0, 0.1) is 11.3 Å². The fourth-order valence-corrected chi connectivity index (χ4v) is 2.27. The fourth-order valence-electron chi connectivity index (χ4n) is 2.27. The highest BCUT2D eigenvalue weighted by molar-refractivity contribution is 5.86. The fraction of sp³-hybridized carbons (Fsp3) is 0.769. The Kier molecular flexibility index (Phi) is 4.97. The first kappa shape index (κ1) is 16.3. The average molecular weight is 286 g/mol. The van der Waals surface area contributed by atoms with Gasteiger partial charge in [-0.1, -0.05) is 20.8 Å². The van der Waals surface area contributed by atoms with Crippen LogP contribution in [-0.4, -0.2) is 52.2 Å². The van der Waals surface area contributed by atoms with E-state index in [1.165, 1.54) is 0 Å². The van der Waals surface area contributed by atoms with Crippen LogP contribution in [0.2, 0.25) is 0 Å². The summed E-state index contributed by atoms with van der Waals surface area (Å²) in [5.74, 6) is -2.24. The molecule has 2 amide bonds. The summed E-state index contributed by atoms with van der Waals surface area (Å²) in [4.78, 5) is 35.0. The second-order valence-electron chi connectivity index (χ2n) is 6.24. The molecule has 114 valence electrons. The zero-order valence-electron chi connectivity index (χ0n) is 12.0. The highest BCUT2D eigenvalue weighted by atomic mass is 16.4. The van der Waals surface area contributed by atoms with Gasteiger partial charge in [-0.3, -0.25) is 4.79 Å². The van der Waals surface area contributed by atoms with E-state index in [0.29, 0.717) is 19.0 Å². The minimum absolute atomic E-state index is 0.0856. The lowest BCUT2D eigenvalue weighted by Gasteiger charge is -2.27. The number of rotatable bonds is 4. The number of carbonyl (C=O) groups excluding carboxylic acids is 1. The van der Waals surface area contributed by atoms with E-state index < -0.39 is 30.4 Å². The quantitative estimate of drug-likeness (QED) is 0.714. The van der Waals surface area contributed by atoms with Crippen LogP contribution in [0.15, 0.2) is 0 Å². The molecule has 2 atom stereocenters. The van der Waals surface area contributed by atoms with Gasteiger partial charge >= 0.3 is 18.0 Å². The number of carbonyl (C=O) groups is 3. The molecule has 0 saturated carbocycles. The molecule has 0 aromatic rings. The van der Waals surface area contributed by atoms with Crippen molar-refractivity contribution in [2.45, 2.75) is 39.7 Å². The third-order valence-electron chi connectivity index (χ3n) is 3.67. The first-order chi connectivity index (χ1) is 9.11. The Balaban J connectivity index is 2.58. The number of nitrogens with zero attached hydrogens (tertiary/aromatic N) is 1. The Morgan fingerprint density at radius 2 is 1.90 bits per heavy atom. The average Bonchev–Trinajstić information content (AvgIpc) is 2.75. The number of hydrogen-bond donors (Lipinski definition) is 3. The van der Waals surface area contributed by atoms with Gasteiger partial charge in [-0.05, 0) is 17.8 Å². The molecule has 7 heteroatoms. The minimum atomic E-state index is -1.39. The maximum absolute atomic E-state index is 12.0. The second kappa shape index (κ2) is 6.11. The normalized spacial score (nSPS) is 20.6. The molecule has 1 aliphatic rings. The molecular formula is C13H22N2O5. The largest absolute Gasteiger partial charge is 0.481 e. The topological polar surface area (TPSA) is 107 Å². The molecule has 1 aliphatic heterocycles. The molecule has 0 aromatic carbocycles. The molecule has 1 saturated heterocycles. The molecule has 1 fully saturated rings. The standard InChI is InChI=1S/C13H22N2O5/c1-13(2,3)8-4-5-15(7-8)12(20)14-9(11(18)19)6-10(16)17/h8-9H,4-7H2,1-3H3,(H,14,20)(H,16,17)(H,18,19)/t8?,9-/m0/s1. The van der Waals surface area contributed by atoms with Crippen LogP contribution in [0.5, 0.6) is 0 Å². The van der Waals surface area contributed by atoms with Gasteiger partial charge in [0.1, 0.15) is 6.04 Å². The number of likely N-dealkylation sites (tertiary alicyclic amines) is 1. The van der Waals surface area contributed by atoms with Crippen molar-refractivity contribution in [3.8, 4) is 0 Å². The molecule has 20 heavy (non-hydrogen) atoms. The summed E-state index contributed by atoms with van der Waals surface area (Å²) in [6, 6.07) is -1.90. The molecule has 0 bridgehead atoms. The first-order valence-corrected chi connectivity index (χ1v) is 6.61. The van der Waals surface area contributed by atoms with Crippen LogP contribution in [-0.2, 0) is 9.59 Å². The van der Waals surface area contributed by atoms with Gasteiger partial charge in [0.25, 0.3) is 0 Å². The van der Waals surface area contributed by atoms with Crippen LogP contribution in [0.25, 0.3) is 0 Å². The van der Waals surface area contributed by atoms with E-state index >= 15 is 0 Å². The molecule has 0 aliphatic carbocycles. The maximum atomic E-state index is 12.0. The zero-order chi connectivity index (χ0) is 15.5. The Bertz CT molecular complexity index is 402. The van der Waals surface area contributed by atoms with Gasteiger partial charge in [-0.25, -0.2) is 9.59 Å². The number of carboxylic acids is 2. The third kappa shape index (κ3) is 4.40. The summed E-state index contributed by atoms with van der Waals surface area (Å²) >= 11 is 0. The highest BCUT2D eigenvalue weighted by Gasteiger charge is 2.35. The van der Waals surface area contributed by atoms with Gasteiger partial charge in [0.2, 0.25) is 0 Å². The van der Waals surface area contributed by atoms with Crippen molar-refractivity contribution in [1.29, 1.82) is 0 Å². The smallest absolute Gasteiger partial charge is 0.326 e. The summed E-state index contributed by atoms with van der Waals surface area (Å²) in [5.41, 5.74) is 0.0856. The Morgan fingerprint density at radius 3 is 2.30 bits per heavy atom. The van der Waals surface area contributed by atoms with Gasteiger partial charge in [0, 0.05) is 13.1 Å². The molecule has 3 N–H and O–H groups in total. The van der Waals surface area contributed by atoms with Crippen molar-refractivity contribution in [3.05, 3.63) is 0 Å². The number of amides is 2. The first-order valence-electron chi connectivity index (χ1n) is 6.61. The van der Waals surface area contributed by atoms with E-state index in [0.717, 1.165) is 6.42 Å². The number of aliphatic carboxylic acids is 2. The van der Waals surface area contributed by atoms with Crippen molar-refractivity contribution in [2.24, 2.45) is 11.3 Å². The Morgan fingerprint density at radius 1 is 1.30 bits per heavy atom. The molecule has 0 aromatic heterocycles. The van der Waals surface area contributed by atoms with E-state index in [2.05, 4.69) is 26.1 Å². The number of hydrogen-bond acceptors (Lipinski definition) is 3. The highest BCUT2D eigenvalue weighted by Crippen LogP contribution is 2.33. The lowest BCUT2D eigenvalue weighted by molar-refractivity contribution is -0.145. The van der Waals surface area contributed by atoms with Crippen molar-refractivity contribution in [1.82, 2.24) is 10.2 Å². The SMILES string of the molecule is CC(C)(C)C1CCN(C(=O)N[C@@H](CC(=O)O)C(=O)O)C1. The molecule has 7 nitrogen and oxygen atoms in total. The monoisotopic (exact) mass is 286 g/mol. The van der Waals surface area contributed by atoms with Crippen molar-refractivity contribution >= 4 is 18.0 Å². The van der Waals surface area contributed by atoms with E-state index in [9.17, 15) is 14.4 Å². The van der Waals surface area contributed by atoms with Gasteiger partial charge in [0.05, 0.1) is 6.42 Å². The Hall–Kier alpha value is -1.79. The third-order valence-corrected chi connectivity index (χ3v) is 3.67. The molecule has 0 radical (unpaired) electrons. The van der Waals surface area contributed by atoms with E-state index in [1.54, 1.807) is 4.90 Å². The second-order valence-corrected chi connectivity index (χ2v) is 6.24. The van der Waals surface area contributed by atoms with Gasteiger partial charge in [-0.15, -0.1) is 0 Å². The van der Waals surface area contributed by atoms with Crippen LogP contribution in [0.3, 0.4) is 0 Å². The van der Waals surface area contributed by atoms with Gasteiger partial charge in [0.15, 0.2) is 0 Å². The van der Waals surface area contributed by atoms with Crippen molar-refractivity contribution in [3.63, 3.8) is 0 Å². The Labute approximate surface area is 117 Å². The maximum Gasteiger partial charge on any atom is 0.326 e. The summed E-state index contributed by atoms with van der Waals surface area (Å²) in [6.45, 7) is 7.43. The van der Waals surface area contributed by atoms with E-state index in [-0.39, 0.29) is 5.41 Å². The number of nitrogens with one attached hydrogen (secondary N) is 1.